The molecule has 0 spiro atoms. The summed E-state index contributed by atoms with van der Waals surface area (Å²) in [6.07, 6.45) is 5.55. The third kappa shape index (κ3) is 5.63. The van der Waals surface area contributed by atoms with Gasteiger partial charge in [0.1, 0.15) is 11.5 Å². The lowest BCUT2D eigenvalue weighted by atomic mass is 9.67. The molecular formula is C26H31NO3. The van der Waals surface area contributed by atoms with Crippen LogP contribution in [0.25, 0.3) is 0 Å². The van der Waals surface area contributed by atoms with Crippen LogP contribution in [0.1, 0.15) is 68.6 Å². The van der Waals surface area contributed by atoms with Crippen molar-refractivity contribution in [2.24, 2.45) is 5.41 Å². The Morgan fingerprint density at radius 2 is 1.97 bits per heavy atom. The van der Waals surface area contributed by atoms with Gasteiger partial charge in [-0.25, -0.2) is 0 Å². The summed E-state index contributed by atoms with van der Waals surface area (Å²) in [6.45, 7) is 4.85. The number of benzene rings is 2. The van der Waals surface area contributed by atoms with Gasteiger partial charge in [-0.15, -0.1) is 0 Å². The molecule has 158 valence electrons. The fourth-order valence-electron chi connectivity index (χ4n) is 4.46. The highest BCUT2D eigenvalue weighted by Crippen LogP contribution is 2.47. The monoisotopic (exact) mass is 405 g/mol. The third-order valence-corrected chi connectivity index (χ3v) is 5.85. The van der Waals surface area contributed by atoms with E-state index in [-0.39, 0.29) is 23.4 Å². The van der Waals surface area contributed by atoms with Gasteiger partial charge in [-0.1, -0.05) is 44.2 Å². The maximum absolute atomic E-state index is 12.5. The lowest BCUT2D eigenvalue weighted by Crippen LogP contribution is -2.29. The van der Waals surface area contributed by atoms with Crippen LogP contribution in [0.5, 0.6) is 11.5 Å². The molecule has 1 aliphatic carbocycles. The Kier molecular flexibility index (Phi) is 7.15. The van der Waals surface area contributed by atoms with E-state index in [1.165, 1.54) is 5.56 Å². The minimum atomic E-state index is -0.421. The minimum Gasteiger partial charge on any atom is -0.507 e. The van der Waals surface area contributed by atoms with E-state index in [9.17, 15) is 9.90 Å². The number of nitriles is 1. The van der Waals surface area contributed by atoms with Crippen LogP contribution in [0.15, 0.2) is 42.5 Å². The molecule has 2 aromatic rings. The van der Waals surface area contributed by atoms with Crippen molar-refractivity contribution in [3.63, 3.8) is 0 Å². The molecule has 0 fully saturated rings. The predicted octanol–water partition coefficient (Wildman–Crippen LogP) is 5.72. The first-order chi connectivity index (χ1) is 14.4. The second-order valence-corrected chi connectivity index (χ2v) is 9.06. The Morgan fingerprint density at radius 3 is 2.70 bits per heavy atom. The molecule has 3 rings (SSSR count). The molecule has 1 unspecified atom stereocenters. The first-order valence-electron chi connectivity index (χ1n) is 10.8. The topological polar surface area (TPSA) is 70.3 Å². The summed E-state index contributed by atoms with van der Waals surface area (Å²) in [7, 11) is 0. The summed E-state index contributed by atoms with van der Waals surface area (Å²) in [4.78, 5) is 12.5. The van der Waals surface area contributed by atoms with E-state index >= 15 is 0 Å². The molecule has 1 atom stereocenters. The molecule has 1 aliphatic rings. The number of fused-ring (bicyclic) bond motifs is 1. The molecule has 30 heavy (non-hydrogen) atoms. The zero-order valence-electron chi connectivity index (χ0n) is 18.0. The lowest BCUT2D eigenvalue weighted by Gasteiger charge is -2.36. The summed E-state index contributed by atoms with van der Waals surface area (Å²) in [5.41, 5.74) is 2.94. The molecule has 0 aliphatic heterocycles. The number of Topliss-reactive ketones (excluding diaryl/α,β-unsaturated/α-hetero) is 1. The van der Waals surface area contributed by atoms with Gasteiger partial charge in [0.25, 0.3) is 0 Å². The quantitative estimate of drug-likeness (QED) is 0.541. The van der Waals surface area contributed by atoms with Crippen LogP contribution >= 0.6 is 0 Å². The van der Waals surface area contributed by atoms with Gasteiger partial charge in [0.2, 0.25) is 0 Å². The number of phenols is 1. The summed E-state index contributed by atoms with van der Waals surface area (Å²) >= 11 is 0. The smallest absolute Gasteiger partial charge is 0.154 e. The highest BCUT2D eigenvalue weighted by molar-refractivity contribution is 5.89. The fourth-order valence-corrected chi connectivity index (χ4v) is 4.46. The van der Waals surface area contributed by atoms with Gasteiger partial charge in [0.05, 0.1) is 19.1 Å². The Morgan fingerprint density at radius 1 is 1.20 bits per heavy atom. The Labute approximate surface area is 179 Å². The molecule has 0 amide bonds. The zero-order valence-corrected chi connectivity index (χ0v) is 18.0. The van der Waals surface area contributed by atoms with Crippen molar-refractivity contribution < 1.29 is 14.6 Å². The van der Waals surface area contributed by atoms with Gasteiger partial charge in [-0.2, -0.15) is 5.26 Å². The summed E-state index contributed by atoms with van der Waals surface area (Å²) in [5, 5.41) is 19.6. The first kappa shape index (κ1) is 21.9. The Hall–Kier alpha value is -2.80. The van der Waals surface area contributed by atoms with Gasteiger partial charge in [-0.3, -0.25) is 4.79 Å². The summed E-state index contributed by atoms with van der Waals surface area (Å²) in [5.74, 6) is 0.223. The molecule has 1 N–H and O–H groups in total. The number of rotatable bonds is 9. The van der Waals surface area contributed by atoms with Crippen LogP contribution in [-0.2, 0) is 17.6 Å². The number of ketones is 1. The van der Waals surface area contributed by atoms with E-state index in [0.717, 1.165) is 37.7 Å². The standard InChI is InChI=1S/C26H31NO3/c1-26(2)17-20-15-21(16-24(29)25(20)22(18-26)23(28)12-13-27)30-14-8-4-7-11-19-9-5-3-6-10-19/h3,5-6,9-10,15-16,22,29H,4,7-8,11-12,14,17-18H2,1-2H3. The van der Waals surface area contributed by atoms with Crippen molar-refractivity contribution in [1.82, 2.24) is 0 Å². The highest BCUT2D eigenvalue weighted by atomic mass is 16.5. The normalized spacial score (nSPS) is 17.0. The van der Waals surface area contributed by atoms with E-state index in [1.54, 1.807) is 6.07 Å². The first-order valence-corrected chi connectivity index (χ1v) is 10.8. The van der Waals surface area contributed by atoms with Crippen molar-refractivity contribution in [3.8, 4) is 17.6 Å². The maximum atomic E-state index is 12.5. The van der Waals surface area contributed by atoms with Crippen LogP contribution < -0.4 is 4.74 Å². The van der Waals surface area contributed by atoms with Crippen molar-refractivity contribution in [1.29, 1.82) is 5.26 Å². The van der Waals surface area contributed by atoms with Gasteiger partial charge in [-0.05, 0) is 61.1 Å². The van der Waals surface area contributed by atoms with Gasteiger partial charge in [0.15, 0.2) is 5.78 Å². The molecule has 0 heterocycles. The highest BCUT2D eigenvalue weighted by Gasteiger charge is 2.37. The Bertz CT molecular complexity index is 912. The zero-order chi connectivity index (χ0) is 21.6. The number of nitrogens with zero attached hydrogens (tertiary/aromatic N) is 1. The average Bonchev–Trinajstić information content (AvgIpc) is 2.70. The molecule has 4 heteroatoms. The van der Waals surface area contributed by atoms with E-state index in [4.69, 9.17) is 10.00 Å². The number of hydrogen-bond acceptors (Lipinski definition) is 4. The number of ether oxygens (including phenoxy) is 1. The van der Waals surface area contributed by atoms with E-state index in [2.05, 4.69) is 38.1 Å². The number of carbonyl (C=O) groups excluding carboxylic acids is 1. The summed E-state index contributed by atoms with van der Waals surface area (Å²) < 4.78 is 5.92. The van der Waals surface area contributed by atoms with E-state index in [1.807, 2.05) is 18.2 Å². The molecule has 0 saturated carbocycles. The molecule has 0 radical (unpaired) electrons. The number of aryl methyl sites for hydroxylation is 1. The van der Waals surface area contributed by atoms with Gasteiger partial charge < -0.3 is 9.84 Å². The molecular weight excluding hydrogens is 374 g/mol. The van der Waals surface area contributed by atoms with Crippen molar-refractivity contribution in [2.45, 2.75) is 64.7 Å². The average molecular weight is 406 g/mol. The fraction of sp³-hybridized carbons (Fsp3) is 0.462. The third-order valence-electron chi connectivity index (χ3n) is 5.85. The maximum Gasteiger partial charge on any atom is 0.154 e. The second kappa shape index (κ2) is 9.80. The van der Waals surface area contributed by atoms with Crippen LogP contribution in [0, 0.1) is 16.7 Å². The lowest BCUT2D eigenvalue weighted by molar-refractivity contribution is -0.120. The molecule has 0 aromatic heterocycles. The van der Waals surface area contributed by atoms with Gasteiger partial charge in [0, 0.05) is 17.5 Å². The van der Waals surface area contributed by atoms with Crippen molar-refractivity contribution in [2.75, 3.05) is 6.61 Å². The van der Waals surface area contributed by atoms with Crippen LogP contribution in [0.2, 0.25) is 0 Å². The SMILES string of the molecule is CC1(C)Cc2cc(OCCCCCc3ccccc3)cc(O)c2C(C(=O)CC#N)C1. The van der Waals surface area contributed by atoms with Crippen LogP contribution in [-0.4, -0.2) is 17.5 Å². The van der Waals surface area contributed by atoms with E-state index in [0.29, 0.717) is 24.3 Å². The predicted molar refractivity (Wildman–Crippen MR) is 118 cm³/mol. The number of unbranched alkanes of at least 4 members (excludes halogenated alkanes) is 2. The number of aromatic hydroxyl groups is 1. The largest absolute Gasteiger partial charge is 0.507 e. The Balaban J connectivity index is 1.59. The minimum absolute atomic E-state index is 0.0642. The summed E-state index contributed by atoms with van der Waals surface area (Å²) in [6, 6.07) is 16.0. The number of phenolic OH excluding ortho intramolecular Hbond substituents is 1. The molecule has 0 bridgehead atoms. The van der Waals surface area contributed by atoms with E-state index < -0.39 is 5.92 Å². The molecule has 2 aromatic carbocycles. The molecule has 0 saturated heterocycles. The van der Waals surface area contributed by atoms with Crippen molar-refractivity contribution in [3.05, 3.63) is 59.2 Å². The number of hydrogen-bond donors (Lipinski definition) is 1. The number of carbonyl (C=O) groups is 1. The van der Waals surface area contributed by atoms with Crippen LogP contribution in [0.4, 0.5) is 0 Å². The van der Waals surface area contributed by atoms with Crippen LogP contribution in [0.3, 0.4) is 0 Å². The second-order valence-electron chi connectivity index (χ2n) is 9.06. The van der Waals surface area contributed by atoms with Gasteiger partial charge >= 0.3 is 0 Å². The molecule has 4 nitrogen and oxygen atoms in total. The van der Waals surface area contributed by atoms with Crippen molar-refractivity contribution >= 4 is 5.78 Å².